The van der Waals surface area contributed by atoms with E-state index >= 15 is 0 Å². The maximum absolute atomic E-state index is 13.7. The Morgan fingerprint density at radius 3 is 2.63 bits per heavy atom. The molecule has 10 heteroatoms. The van der Waals surface area contributed by atoms with Gasteiger partial charge in [-0.15, -0.1) is 0 Å². The molecular formula is C25H24ClN7O2. The van der Waals surface area contributed by atoms with Gasteiger partial charge in [0.25, 0.3) is 11.1 Å². The number of aromatic nitrogens is 4. The maximum Gasteiger partial charge on any atom is 0.280 e. The van der Waals surface area contributed by atoms with Crippen molar-refractivity contribution in [2.24, 2.45) is 9.98 Å². The van der Waals surface area contributed by atoms with Gasteiger partial charge >= 0.3 is 0 Å². The van der Waals surface area contributed by atoms with Gasteiger partial charge in [0.15, 0.2) is 0 Å². The summed E-state index contributed by atoms with van der Waals surface area (Å²) in [6.07, 6.45) is 3.25. The predicted molar refractivity (Wildman–Crippen MR) is 138 cm³/mol. The molecular weight excluding hydrogens is 466 g/mol. The van der Waals surface area contributed by atoms with E-state index in [1.807, 2.05) is 37.1 Å². The topological polar surface area (TPSA) is 101 Å². The van der Waals surface area contributed by atoms with Crippen molar-refractivity contribution in [1.82, 2.24) is 24.2 Å². The molecule has 0 aliphatic carbocycles. The minimum atomic E-state index is -0.279. The van der Waals surface area contributed by atoms with Gasteiger partial charge < -0.3 is 4.57 Å². The predicted octanol–water partition coefficient (Wildman–Crippen LogP) is 3.03. The van der Waals surface area contributed by atoms with Gasteiger partial charge in [-0.25, -0.2) is 4.68 Å². The smallest absolute Gasteiger partial charge is 0.280 e. The van der Waals surface area contributed by atoms with Gasteiger partial charge in [-0.2, -0.15) is 0 Å². The molecule has 35 heavy (non-hydrogen) atoms. The Kier molecular flexibility index (Phi) is 6.19. The van der Waals surface area contributed by atoms with E-state index in [0.29, 0.717) is 46.1 Å². The maximum atomic E-state index is 13.7. The second-order valence-electron chi connectivity index (χ2n) is 8.53. The number of benzene rings is 1. The molecule has 0 bridgehead atoms. The third-order valence-corrected chi connectivity index (χ3v) is 6.17. The number of pyridine rings is 2. The van der Waals surface area contributed by atoms with Gasteiger partial charge in [0.05, 0.1) is 45.3 Å². The first-order chi connectivity index (χ1) is 16.9. The van der Waals surface area contributed by atoms with Gasteiger partial charge in [-0.3, -0.25) is 34.6 Å². The number of hydrogen-bond acceptors (Lipinski definition) is 6. The third kappa shape index (κ3) is 4.60. The van der Waals surface area contributed by atoms with Crippen molar-refractivity contribution in [3.8, 4) is 5.69 Å². The van der Waals surface area contributed by atoms with Crippen LogP contribution in [0, 0.1) is 0 Å². The van der Waals surface area contributed by atoms with E-state index in [2.05, 4.69) is 20.1 Å². The van der Waals surface area contributed by atoms with Crippen LogP contribution >= 0.6 is 11.6 Å². The van der Waals surface area contributed by atoms with Crippen molar-refractivity contribution in [2.75, 3.05) is 7.05 Å². The van der Waals surface area contributed by atoms with Crippen molar-refractivity contribution in [3.63, 3.8) is 0 Å². The molecule has 3 aromatic heterocycles. The molecule has 1 aliphatic rings. The fraction of sp³-hybridized carbons (Fsp3) is 0.240. The summed E-state index contributed by atoms with van der Waals surface area (Å²) in [6.45, 7) is 3.00. The van der Waals surface area contributed by atoms with Crippen molar-refractivity contribution in [2.45, 2.75) is 32.7 Å². The van der Waals surface area contributed by atoms with E-state index in [4.69, 9.17) is 11.6 Å². The quantitative estimate of drug-likeness (QED) is 0.431. The van der Waals surface area contributed by atoms with Gasteiger partial charge in [0, 0.05) is 31.6 Å². The molecule has 0 saturated heterocycles. The number of nitrogens with zero attached hydrogens (tertiary/aromatic N) is 6. The SMILES string of the molecule is CC1N=CC(Cn2c(CN(C)Cc3ccccn3)c3c(=O)n(-c4ccccc4Cl)[nH]c3cc2=O)=N1. The van der Waals surface area contributed by atoms with Crippen molar-refractivity contribution >= 4 is 34.4 Å². The van der Waals surface area contributed by atoms with Crippen LogP contribution in [-0.4, -0.2) is 49.4 Å². The Labute approximate surface area is 206 Å². The largest absolute Gasteiger partial charge is 0.304 e. The molecule has 0 spiro atoms. The molecule has 9 nitrogen and oxygen atoms in total. The molecule has 5 rings (SSSR count). The summed E-state index contributed by atoms with van der Waals surface area (Å²) < 4.78 is 2.99. The lowest BCUT2D eigenvalue weighted by molar-refractivity contribution is 0.307. The number of rotatable bonds is 7. The van der Waals surface area contributed by atoms with Gasteiger partial charge in [0.1, 0.15) is 6.17 Å². The zero-order valence-electron chi connectivity index (χ0n) is 19.3. The van der Waals surface area contributed by atoms with E-state index in [-0.39, 0.29) is 23.8 Å². The van der Waals surface area contributed by atoms with Crippen LogP contribution in [0.25, 0.3) is 16.6 Å². The Hall–Kier alpha value is -3.82. The van der Waals surface area contributed by atoms with Crippen LogP contribution in [0.5, 0.6) is 0 Å². The molecule has 4 heterocycles. The first kappa shape index (κ1) is 22.9. The van der Waals surface area contributed by atoms with Crippen LogP contribution < -0.4 is 11.1 Å². The van der Waals surface area contributed by atoms with Crippen molar-refractivity contribution < 1.29 is 0 Å². The summed E-state index contributed by atoms with van der Waals surface area (Å²) in [5.74, 6) is 0. The Bertz CT molecular complexity index is 1570. The van der Waals surface area contributed by atoms with Crippen molar-refractivity contribution in [1.29, 1.82) is 0 Å². The van der Waals surface area contributed by atoms with Crippen LogP contribution in [0.1, 0.15) is 18.3 Å². The lowest BCUT2D eigenvalue weighted by Crippen LogP contribution is -2.31. The standard InChI is InChI=1S/C25H24ClN7O2/c1-16-28-12-18(29-16)14-32-22(15-31(2)13-17-7-5-6-10-27-17)24-20(11-23(32)34)30-33(25(24)35)21-9-4-3-8-19(21)26/h3-12,16,30H,13-15H2,1-2H3. The molecule has 0 amide bonds. The Morgan fingerprint density at radius 2 is 1.91 bits per heavy atom. The highest BCUT2D eigenvalue weighted by molar-refractivity contribution is 6.32. The number of hydrogen-bond donors (Lipinski definition) is 1. The zero-order chi connectivity index (χ0) is 24.5. The number of aliphatic imine (C=N–C) groups is 2. The van der Waals surface area contributed by atoms with Crippen LogP contribution in [0.15, 0.2) is 74.3 Å². The summed E-state index contributed by atoms with van der Waals surface area (Å²) in [4.78, 5) is 42.1. The first-order valence-electron chi connectivity index (χ1n) is 11.2. The van der Waals surface area contributed by atoms with Crippen LogP contribution in [0.2, 0.25) is 5.02 Å². The average molecular weight is 490 g/mol. The highest BCUT2D eigenvalue weighted by Gasteiger charge is 2.21. The normalized spacial score (nSPS) is 15.3. The molecule has 0 fully saturated rings. The number of aromatic amines is 1. The molecule has 1 atom stereocenters. The molecule has 1 N–H and O–H groups in total. The number of para-hydroxylation sites is 1. The lowest BCUT2D eigenvalue weighted by Gasteiger charge is -2.20. The second-order valence-corrected chi connectivity index (χ2v) is 8.94. The number of nitrogens with one attached hydrogen (secondary N) is 1. The van der Waals surface area contributed by atoms with Crippen molar-refractivity contribution in [3.05, 3.63) is 91.8 Å². The molecule has 4 aromatic rings. The highest BCUT2D eigenvalue weighted by atomic mass is 35.5. The molecule has 178 valence electrons. The minimum absolute atomic E-state index is 0.176. The van der Waals surface area contributed by atoms with Crippen LogP contribution in [0.4, 0.5) is 0 Å². The van der Waals surface area contributed by atoms with Gasteiger partial charge in [-0.05, 0) is 38.2 Å². The van der Waals surface area contributed by atoms with E-state index in [1.54, 1.807) is 41.2 Å². The summed E-state index contributed by atoms with van der Waals surface area (Å²) in [7, 11) is 1.93. The fourth-order valence-corrected chi connectivity index (χ4v) is 4.49. The van der Waals surface area contributed by atoms with Crippen LogP contribution in [0.3, 0.4) is 0 Å². The average Bonchev–Trinajstić information content (AvgIpc) is 3.39. The minimum Gasteiger partial charge on any atom is -0.304 e. The van der Waals surface area contributed by atoms with Gasteiger partial charge in [0.2, 0.25) is 0 Å². The number of H-pyrrole nitrogens is 1. The van der Waals surface area contributed by atoms with E-state index in [9.17, 15) is 9.59 Å². The molecule has 1 aromatic carbocycles. The lowest BCUT2D eigenvalue weighted by atomic mass is 10.2. The summed E-state index contributed by atoms with van der Waals surface area (Å²) in [5, 5.41) is 3.93. The van der Waals surface area contributed by atoms with E-state index < -0.39 is 0 Å². The number of halogens is 1. The van der Waals surface area contributed by atoms with Crippen LogP contribution in [-0.2, 0) is 19.6 Å². The summed E-state index contributed by atoms with van der Waals surface area (Å²) in [5.41, 5.74) is 2.62. The summed E-state index contributed by atoms with van der Waals surface area (Å²) in [6, 6.07) is 14.3. The monoisotopic (exact) mass is 489 g/mol. The van der Waals surface area contributed by atoms with Gasteiger partial charge in [-0.1, -0.05) is 29.8 Å². The van der Waals surface area contributed by atoms with E-state index in [1.165, 1.54) is 10.7 Å². The third-order valence-electron chi connectivity index (χ3n) is 5.85. The zero-order valence-corrected chi connectivity index (χ0v) is 20.1. The molecule has 1 aliphatic heterocycles. The summed E-state index contributed by atoms with van der Waals surface area (Å²) >= 11 is 6.37. The molecule has 0 radical (unpaired) electrons. The molecule has 0 saturated carbocycles. The highest BCUT2D eigenvalue weighted by Crippen LogP contribution is 2.21. The Morgan fingerprint density at radius 1 is 1.11 bits per heavy atom. The fourth-order valence-electron chi connectivity index (χ4n) is 4.27. The number of fused-ring (bicyclic) bond motifs is 1. The van der Waals surface area contributed by atoms with E-state index in [0.717, 1.165) is 5.69 Å². The molecule has 1 unspecified atom stereocenters. The second kappa shape index (κ2) is 9.44. The Balaban J connectivity index is 1.65. The first-order valence-corrected chi connectivity index (χ1v) is 11.6.